The van der Waals surface area contributed by atoms with E-state index in [4.69, 9.17) is 9.47 Å². The van der Waals surface area contributed by atoms with Crippen molar-refractivity contribution in [3.05, 3.63) is 0 Å². The molecule has 70 valence electrons. The summed E-state index contributed by atoms with van der Waals surface area (Å²) in [5.41, 5.74) is 0. The third-order valence-corrected chi connectivity index (χ3v) is 2.95. The first kappa shape index (κ1) is 8.48. The highest BCUT2D eigenvalue weighted by Gasteiger charge is 2.39. The summed E-state index contributed by atoms with van der Waals surface area (Å²) in [6, 6.07) is 0. The summed E-state index contributed by atoms with van der Waals surface area (Å²) in [6.45, 7) is 4.43. The number of hydrogen-bond acceptors (Lipinski definition) is 3. The standard InChI is InChI=1S/C9H16O3/c1-6-4-11-5-7(6)9-8(10)2-3-12-9/h6-10H,2-5H2,1H3. The van der Waals surface area contributed by atoms with Crippen LogP contribution in [0.1, 0.15) is 13.3 Å². The fourth-order valence-corrected chi connectivity index (χ4v) is 2.11. The predicted octanol–water partition coefficient (Wildman–Crippen LogP) is 0.419. The first-order valence-corrected chi connectivity index (χ1v) is 4.66. The molecule has 4 unspecified atom stereocenters. The topological polar surface area (TPSA) is 38.7 Å². The third kappa shape index (κ3) is 1.37. The van der Waals surface area contributed by atoms with Gasteiger partial charge in [-0.15, -0.1) is 0 Å². The van der Waals surface area contributed by atoms with Crippen LogP contribution in [-0.2, 0) is 9.47 Å². The van der Waals surface area contributed by atoms with Crippen LogP contribution in [0, 0.1) is 11.8 Å². The van der Waals surface area contributed by atoms with Gasteiger partial charge < -0.3 is 14.6 Å². The lowest BCUT2D eigenvalue weighted by Crippen LogP contribution is -2.33. The minimum atomic E-state index is -0.265. The SMILES string of the molecule is CC1COCC1C1OCCC1O. The minimum Gasteiger partial charge on any atom is -0.390 e. The average Bonchev–Trinajstić information content (AvgIpc) is 2.59. The lowest BCUT2D eigenvalue weighted by atomic mass is 9.89. The van der Waals surface area contributed by atoms with Gasteiger partial charge in [0.05, 0.1) is 18.8 Å². The Labute approximate surface area is 72.7 Å². The maximum Gasteiger partial charge on any atom is 0.0888 e. The molecule has 0 aromatic rings. The van der Waals surface area contributed by atoms with E-state index in [1.807, 2.05) is 0 Å². The third-order valence-electron chi connectivity index (χ3n) is 2.95. The Hall–Kier alpha value is -0.120. The molecular weight excluding hydrogens is 156 g/mol. The summed E-state index contributed by atoms with van der Waals surface area (Å²) in [4.78, 5) is 0. The summed E-state index contributed by atoms with van der Waals surface area (Å²) in [7, 11) is 0. The van der Waals surface area contributed by atoms with Gasteiger partial charge in [-0.3, -0.25) is 0 Å². The second-order valence-corrected chi connectivity index (χ2v) is 3.87. The Morgan fingerprint density at radius 1 is 1.33 bits per heavy atom. The van der Waals surface area contributed by atoms with Gasteiger partial charge in [0.15, 0.2) is 0 Å². The van der Waals surface area contributed by atoms with Gasteiger partial charge in [0.1, 0.15) is 0 Å². The van der Waals surface area contributed by atoms with E-state index in [9.17, 15) is 5.11 Å². The molecule has 2 aliphatic rings. The number of rotatable bonds is 1. The first-order chi connectivity index (χ1) is 5.79. The van der Waals surface area contributed by atoms with Gasteiger partial charge in [-0.2, -0.15) is 0 Å². The van der Waals surface area contributed by atoms with E-state index in [0.29, 0.717) is 18.4 Å². The maximum absolute atomic E-state index is 9.59. The van der Waals surface area contributed by atoms with Crippen molar-refractivity contribution in [1.82, 2.24) is 0 Å². The van der Waals surface area contributed by atoms with Crippen LogP contribution < -0.4 is 0 Å². The van der Waals surface area contributed by atoms with E-state index in [1.54, 1.807) is 0 Å². The van der Waals surface area contributed by atoms with Crippen LogP contribution in [-0.4, -0.2) is 37.1 Å². The highest BCUT2D eigenvalue weighted by atomic mass is 16.5. The van der Waals surface area contributed by atoms with E-state index >= 15 is 0 Å². The molecule has 2 fully saturated rings. The van der Waals surface area contributed by atoms with E-state index in [0.717, 1.165) is 19.6 Å². The van der Waals surface area contributed by atoms with Gasteiger partial charge in [0.25, 0.3) is 0 Å². The Morgan fingerprint density at radius 3 is 2.67 bits per heavy atom. The smallest absolute Gasteiger partial charge is 0.0888 e. The van der Waals surface area contributed by atoms with Crippen molar-refractivity contribution >= 4 is 0 Å². The minimum absolute atomic E-state index is 0.0301. The van der Waals surface area contributed by atoms with Gasteiger partial charge in [-0.05, 0) is 12.3 Å². The summed E-state index contributed by atoms with van der Waals surface area (Å²) >= 11 is 0. The van der Waals surface area contributed by atoms with Gasteiger partial charge in [0.2, 0.25) is 0 Å². The largest absolute Gasteiger partial charge is 0.390 e. The summed E-state index contributed by atoms with van der Waals surface area (Å²) in [6.07, 6.45) is 0.551. The lowest BCUT2D eigenvalue weighted by Gasteiger charge is -2.22. The van der Waals surface area contributed by atoms with Crippen molar-refractivity contribution in [2.45, 2.75) is 25.6 Å². The molecule has 3 heteroatoms. The Morgan fingerprint density at radius 2 is 2.17 bits per heavy atom. The molecule has 0 amide bonds. The van der Waals surface area contributed by atoms with E-state index in [-0.39, 0.29) is 12.2 Å². The van der Waals surface area contributed by atoms with Crippen LogP contribution in [0.25, 0.3) is 0 Å². The van der Waals surface area contributed by atoms with Crippen LogP contribution in [0.3, 0.4) is 0 Å². The average molecular weight is 172 g/mol. The zero-order chi connectivity index (χ0) is 8.55. The van der Waals surface area contributed by atoms with Crippen LogP contribution in [0.15, 0.2) is 0 Å². The second-order valence-electron chi connectivity index (χ2n) is 3.87. The molecule has 2 aliphatic heterocycles. The van der Waals surface area contributed by atoms with Crippen LogP contribution >= 0.6 is 0 Å². The Kier molecular flexibility index (Phi) is 2.35. The van der Waals surface area contributed by atoms with E-state index in [2.05, 4.69) is 6.92 Å². The van der Waals surface area contributed by atoms with Gasteiger partial charge in [0, 0.05) is 19.1 Å². The van der Waals surface area contributed by atoms with E-state index < -0.39 is 0 Å². The quantitative estimate of drug-likeness (QED) is 0.623. The lowest BCUT2D eigenvalue weighted by molar-refractivity contribution is -0.00866. The molecule has 3 nitrogen and oxygen atoms in total. The molecule has 2 saturated heterocycles. The second kappa shape index (κ2) is 3.32. The molecule has 2 heterocycles. The number of aliphatic hydroxyl groups excluding tert-OH is 1. The van der Waals surface area contributed by atoms with Crippen molar-refractivity contribution < 1.29 is 14.6 Å². The number of ether oxygens (including phenoxy) is 2. The normalized spacial score (nSPS) is 48.5. The van der Waals surface area contributed by atoms with Gasteiger partial charge >= 0.3 is 0 Å². The molecule has 0 saturated carbocycles. The molecule has 0 aliphatic carbocycles. The van der Waals surface area contributed by atoms with Crippen molar-refractivity contribution in [2.75, 3.05) is 19.8 Å². The monoisotopic (exact) mass is 172 g/mol. The molecule has 4 atom stereocenters. The van der Waals surface area contributed by atoms with Gasteiger partial charge in [-0.1, -0.05) is 6.92 Å². The molecule has 0 spiro atoms. The fraction of sp³-hybridized carbons (Fsp3) is 1.00. The van der Waals surface area contributed by atoms with Crippen molar-refractivity contribution in [2.24, 2.45) is 11.8 Å². The predicted molar refractivity (Wildman–Crippen MR) is 43.8 cm³/mol. The van der Waals surface area contributed by atoms with E-state index in [1.165, 1.54) is 0 Å². The maximum atomic E-state index is 9.59. The molecule has 0 radical (unpaired) electrons. The molecule has 1 N–H and O–H groups in total. The Bertz CT molecular complexity index is 142. The summed E-state index contributed by atoms with van der Waals surface area (Å²) < 4.78 is 10.8. The molecule has 0 aromatic carbocycles. The number of hydrogen-bond donors (Lipinski definition) is 1. The van der Waals surface area contributed by atoms with Crippen molar-refractivity contribution in [3.63, 3.8) is 0 Å². The molecule has 2 rings (SSSR count). The molecular formula is C9H16O3. The number of aliphatic hydroxyl groups is 1. The van der Waals surface area contributed by atoms with Crippen molar-refractivity contribution in [3.8, 4) is 0 Å². The highest BCUT2D eigenvalue weighted by Crippen LogP contribution is 2.30. The Balaban J connectivity index is 1.98. The molecule has 12 heavy (non-hydrogen) atoms. The van der Waals surface area contributed by atoms with Crippen LogP contribution in [0.4, 0.5) is 0 Å². The molecule has 0 bridgehead atoms. The molecule has 0 aromatic heterocycles. The summed E-state index contributed by atoms with van der Waals surface area (Å²) in [5, 5.41) is 9.59. The zero-order valence-corrected chi connectivity index (χ0v) is 7.40. The highest BCUT2D eigenvalue weighted by molar-refractivity contribution is 4.87. The van der Waals surface area contributed by atoms with Gasteiger partial charge in [-0.25, -0.2) is 0 Å². The first-order valence-electron chi connectivity index (χ1n) is 4.66. The van der Waals surface area contributed by atoms with Crippen molar-refractivity contribution in [1.29, 1.82) is 0 Å². The fourth-order valence-electron chi connectivity index (χ4n) is 2.11. The van der Waals surface area contributed by atoms with Crippen LogP contribution in [0.5, 0.6) is 0 Å². The zero-order valence-electron chi connectivity index (χ0n) is 7.40. The summed E-state index contributed by atoms with van der Waals surface area (Å²) in [5.74, 6) is 0.935. The van der Waals surface area contributed by atoms with Crippen LogP contribution in [0.2, 0.25) is 0 Å².